The lowest BCUT2D eigenvalue weighted by molar-refractivity contribution is -0.114. The molecule has 1 aliphatic rings. The van der Waals surface area contributed by atoms with Crippen molar-refractivity contribution in [2.45, 2.75) is 12.8 Å². The lowest BCUT2D eigenvalue weighted by Crippen LogP contribution is -2.22. The zero-order valence-electron chi connectivity index (χ0n) is 15.2. The number of amides is 1. The first-order valence-electron chi connectivity index (χ1n) is 8.80. The zero-order chi connectivity index (χ0) is 18.4. The number of methoxy groups -OCH3 is 2. The summed E-state index contributed by atoms with van der Waals surface area (Å²) in [5.74, 6) is 1.08. The Kier molecular flexibility index (Phi) is 5.84. The molecule has 138 valence electrons. The molecule has 1 saturated heterocycles. The first-order chi connectivity index (χ1) is 12.7. The number of nitrogens with one attached hydrogen (secondary N) is 2. The molecular weight excluding hydrogens is 330 g/mol. The SMILES string of the molecule is COc1ccc(NC(=O)CNc2ccc(N3CCCC3)cc2)cc1OC. The van der Waals surface area contributed by atoms with E-state index in [0.29, 0.717) is 17.2 Å². The molecule has 2 N–H and O–H groups in total. The van der Waals surface area contributed by atoms with Crippen LogP contribution in [0.25, 0.3) is 0 Å². The minimum absolute atomic E-state index is 0.124. The molecule has 0 aliphatic carbocycles. The number of nitrogens with zero attached hydrogens (tertiary/aromatic N) is 1. The van der Waals surface area contributed by atoms with Gasteiger partial charge in [-0.1, -0.05) is 0 Å². The van der Waals surface area contributed by atoms with Gasteiger partial charge in [0.1, 0.15) is 0 Å². The van der Waals surface area contributed by atoms with Crippen LogP contribution in [0.3, 0.4) is 0 Å². The highest BCUT2D eigenvalue weighted by Crippen LogP contribution is 2.29. The molecule has 0 spiro atoms. The number of carbonyl (C=O) groups excluding carboxylic acids is 1. The van der Waals surface area contributed by atoms with Gasteiger partial charge in [0.05, 0.1) is 20.8 Å². The minimum Gasteiger partial charge on any atom is -0.493 e. The third kappa shape index (κ3) is 4.39. The molecule has 0 unspecified atom stereocenters. The standard InChI is InChI=1S/C20H25N3O3/c1-25-18-10-7-16(13-19(18)26-2)22-20(24)14-21-15-5-8-17(9-6-15)23-11-3-4-12-23/h5-10,13,21H,3-4,11-12,14H2,1-2H3,(H,22,24). The van der Waals surface area contributed by atoms with Gasteiger partial charge < -0.3 is 25.0 Å². The van der Waals surface area contributed by atoms with Crippen LogP contribution in [0.4, 0.5) is 17.1 Å². The Labute approximate surface area is 154 Å². The maximum absolute atomic E-state index is 12.2. The highest BCUT2D eigenvalue weighted by atomic mass is 16.5. The Bertz CT molecular complexity index is 740. The molecule has 3 rings (SSSR count). The second-order valence-corrected chi connectivity index (χ2v) is 6.21. The first kappa shape index (κ1) is 17.9. The third-order valence-electron chi connectivity index (χ3n) is 4.46. The first-order valence-corrected chi connectivity index (χ1v) is 8.80. The molecule has 1 heterocycles. The van der Waals surface area contributed by atoms with Gasteiger partial charge >= 0.3 is 0 Å². The third-order valence-corrected chi connectivity index (χ3v) is 4.46. The van der Waals surface area contributed by atoms with Gasteiger partial charge in [-0.15, -0.1) is 0 Å². The number of carbonyl (C=O) groups is 1. The Balaban J connectivity index is 1.52. The van der Waals surface area contributed by atoms with Crippen molar-refractivity contribution in [3.63, 3.8) is 0 Å². The van der Waals surface area contributed by atoms with E-state index in [2.05, 4.69) is 27.7 Å². The van der Waals surface area contributed by atoms with Crippen molar-refractivity contribution in [2.75, 3.05) is 49.4 Å². The van der Waals surface area contributed by atoms with Crippen LogP contribution in [0.5, 0.6) is 11.5 Å². The minimum atomic E-state index is -0.124. The van der Waals surface area contributed by atoms with E-state index in [-0.39, 0.29) is 12.5 Å². The van der Waals surface area contributed by atoms with Crippen molar-refractivity contribution in [1.82, 2.24) is 0 Å². The van der Waals surface area contributed by atoms with Crippen LogP contribution in [0.1, 0.15) is 12.8 Å². The van der Waals surface area contributed by atoms with Gasteiger partial charge in [0, 0.05) is 36.2 Å². The molecule has 0 radical (unpaired) electrons. The van der Waals surface area contributed by atoms with Crippen LogP contribution in [0, 0.1) is 0 Å². The van der Waals surface area contributed by atoms with E-state index in [4.69, 9.17) is 9.47 Å². The highest BCUT2D eigenvalue weighted by Gasteiger charge is 2.12. The maximum Gasteiger partial charge on any atom is 0.243 e. The number of hydrogen-bond donors (Lipinski definition) is 2. The predicted molar refractivity (Wildman–Crippen MR) is 105 cm³/mol. The van der Waals surface area contributed by atoms with Crippen LogP contribution in [0.15, 0.2) is 42.5 Å². The molecule has 2 aromatic carbocycles. The van der Waals surface area contributed by atoms with Gasteiger partial charge in [0.15, 0.2) is 11.5 Å². The van der Waals surface area contributed by atoms with Crippen molar-refractivity contribution in [1.29, 1.82) is 0 Å². The van der Waals surface area contributed by atoms with Gasteiger partial charge in [0.2, 0.25) is 5.91 Å². The normalized spacial score (nSPS) is 13.4. The molecule has 0 bridgehead atoms. The molecule has 0 aromatic heterocycles. The van der Waals surface area contributed by atoms with Gasteiger partial charge in [-0.05, 0) is 49.2 Å². The lowest BCUT2D eigenvalue weighted by Gasteiger charge is -2.18. The van der Waals surface area contributed by atoms with Gasteiger partial charge in [-0.2, -0.15) is 0 Å². The van der Waals surface area contributed by atoms with Crippen molar-refractivity contribution < 1.29 is 14.3 Å². The van der Waals surface area contributed by atoms with E-state index in [1.165, 1.54) is 18.5 Å². The van der Waals surface area contributed by atoms with Crippen LogP contribution in [-0.4, -0.2) is 39.8 Å². The van der Waals surface area contributed by atoms with E-state index < -0.39 is 0 Å². The molecule has 0 saturated carbocycles. The summed E-state index contributed by atoms with van der Waals surface area (Å²) >= 11 is 0. The summed E-state index contributed by atoms with van der Waals surface area (Å²) in [7, 11) is 3.14. The fourth-order valence-corrected chi connectivity index (χ4v) is 3.07. The number of benzene rings is 2. The number of hydrogen-bond acceptors (Lipinski definition) is 5. The fraction of sp³-hybridized carbons (Fsp3) is 0.350. The predicted octanol–water partition coefficient (Wildman–Crippen LogP) is 3.35. The molecule has 6 nitrogen and oxygen atoms in total. The molecule has 26 heavy (non-hydrogen) atoms. The summed E-state index contributed by atoms with van der Waals surface area (Å²) < 4.78 is 10.4. The Morgan fingerprint density at radius 3 is 2.27 bits per heavy atom. The van der Waals surface area contributed by atoms with Gasteiger partial charge in [-0.3, -0.25) is 4.79 Å². The molecule has 2 aromatic rings. The number of anilines is 3. The van der Waals surface area contributed by atoms with Crippen molar-refractivity contribution in [3.05, 3.63) is 42.5 Å². The second kappa shape index (κ2) is 8.47. The zero-order valence-corrected chi connectivity index (χ0v) is 15.2. The van der Waals surface area contributed by atoms with E-state index in [0.717, 1.165) is 18.8 Å². The Morgan fingerprint density at radius 1 is 0.962 bits per heavy atom. The molecular formula is C20H25N3O3. The molecule has 1 fully saturated rings. The van der Waals surface area contributed by atoms with Crippen molar-refractivity contribution in [3.8, 4) is 11.5 Å². The largest absolute Gasteiger partial charge is 0.493 e. The van der Waals surface area contributed by atoms with Crippen LogP contribution < -0.4 is 25.0 Å². The summed E-state index contributed by atoms with van der Waals surface area (Å²) in [6, 6.07) is 13.5. The van der Waals surface area contributed by atoms with Gasteiger partial charge in [-0.25, -0.2) is 0 Å². The van der Waals surface area contributed by atoms with Crippen LogP contribution in [0.2, 0.25) is 0 Å². The summed E-state index contributed by atoms with van der Waals surface area (Å²) in [5, 5.41) is 6.00. The Morgan fingerprint density at radius 2 is 1.62 bits per heavy atom. The average molecular weight is 355 g/mol. The summed E-state index contributed by atoms with van der Waals surface area (Å²) in [4.78, 5) is 14.5. The van der Waals surface area contributed by atoms with Gasteiger partial charge in [0.25, 0.3) is 0 Å². The van der Waals surface area contributed by atoms with E-state index in [1.807, 2.05) is 12.1 Å². The quantitative estimate of drug-likeness (QED) is 0.797. The van der Waals surface area contributed by atoms with Crippen LogP contribution in [-0.2, 0) is 4.79 Å². The van der Waals surface area contributed by atoms with E-state index >= 15 is 0 Å². The maximum atomic E-state index is 12.2. The lowest BCUT2D eigenvalue weighted by atomic mass is 10.2. The number of ether oxygens (including phenoxy) is 2. The van der Waals surface area contributed by atoms with Crippen LogP contribution >= 0.6 is 0 Å². The molecule has 0 atom stereocenters. The van der Waals surface area contributed by atoms with Crippen molar-refractivity contribution >= 4 is 23.0 Å². The van der Waals surface area contributed by atoms with Crippen molar-refractivity contribution in [2.24, 2.45) is 0 Å². The summed E-state index contributed by atoms with van der Waals surface area (Å²) in [6.45, 7) is 2.44. The van der Waals surface area contributed by atoms with E-state index in [1.54, 1.807) is 32.4 Å². The molecule has 1 aliphatic heterocycles. The molecule has 6 heteroatoms. The monoisotopic (exact) mass is 355 g/mol. The second-order valence-electron chi connectivity index (χ2n) is 6.21. The topological polar surface area (TPSA) is 62.8 Å². The van der Waals surface area contributed by atoms with E-state index in [9.17, 15) is 4.79 Å². The number of rotatable bonds is 7. The summed E-state index contributed by atoms with van der Waals surface area (Å²) in [5.41, 5.74) is 2.83. The highest BCUT2D eigenvalue weighted by molar-refractivity contribution is 5.94. The average Bonchev–Trinajstić information content (AvgIpc) is 3.21. The Hall–Kier alpha value is -2.89. The molecule has 1 amide bonds. The smallest absolute Gasteiger partial charge is 0.243 e. The summed E-state index contributed by atoms with van der Waals surface area (Å²) in [6.07, 6.45) is 2.52. The fourth-order valence-electron chi connectivity index (χ4n) is 3.07.